The van der Waals surface area contributed by atoms with Gasteiger partial charge in [0.15, 0.2) is 5.16 Å². The zero-order chi connectivity index (χ0) is 18.7. The van der Waals surface area contributed by atoms with Crippen LogP contribution < -0.4 is 4.74 Å². The molecule has 2 heterocycles. The Hall–Kier alpha value is -1.72. The highest BCUT2D eigenvalue weighted by atomic mass is 35.5. The van der Waals surface area contributed by atoms with Crippen molar-refractivity contribution in [2.75, 3.05) is 7.11 Å². The molecule has 2 aromatic heterocycles. The third-order valence-corrected chi connectivity index (χ3v) is 5.92. The predicted octanol–water partition coefficient (Wildman–Crippen LogP) is 5.80. The molecule has 0 spiro atoms. The summed E-state index contributed by atoms with van der Waals surface area (Å²) in [6.45, 7) is 7.43. The number of pyridine rings is 1. The monoisotopic (exact) mass is 389 g/mol. The van der Waals surface area contributed by atoms with Gasteiger partial charge in [0.1, 0.15) is 10.9 Å². The van der Waals surface area contributed by atoms with Crippen LogP contribution in [-0.4, -0.2) is 21.6 Å². The second kappa shape index (κ2) is 8.31. The van der Waals surface area contributed by atoms with E-state index in [1.54, 1.807) is 18.9 Å². The summed E-state index contributed by atoms with van der Waals surface area (Å²) in [4.78, 5) is 9.27. The van der Waals surface area contributed by atoms with Gasteiger partial charge in [0.25, 0.3) is 0 Å². The average Bonchev–Trinajstić information content (AvgIpc) is 2.91. The van der Waals surface area contributed by atoms with Crippen molar-refractivity contribution < 1.29 is 4.74 Å². The molecular weight excluding hydrogens is 366 g/mol. The maximum atomic E-state index is 6.43. The first-order valence-corrected chi connectivity index (χ1v) is 10.2. The largest absolute Gasteiger partial charge is 0.497 e. The Morgan fingerprint density at radius 3 is 2.73 bits per heavy atom. The highest BCUT2D eigenvalue weighted by Gasteiger charge is 2.13. The fraction of sp³-hybridized carbons (Fsp3) is 0.400. The molecule has 0 saturated carbocycles. The summed E-state index contributed by atoms with van der Waals surface area (Å²) in [6, 6.07) is 7.97. The van der Waals surface area contributed by atoms with E-state index in [9.17, 15) is 0 Å². The highest BCUT2D eigenvalue weighted by molar-refractivity contribution is 7.98. The smallest absolute Gasteiger partial charge is 0.168 e. The van der Waals surface area contributed by atoms with E-state index in [1.165, 1.54) is 12.1 Å². The summed E-state index contributed by atoms with van der Waals surface area (Å²) in [5.74, 6) is 1.53. The average molecular weight is 390 g/mol. The Kier molecular flexibility index (Phi) is 6.09. The summed E-state index contributed by atoms with van der Waals surface area (Å²) in [5.41, 5.74) is 4.21. The molecule has 26 heavy (non-hydrogen) atoms. The molecule has 0 N–H and O–H groups in total. The van der Waals surface area contributed by atoms with E-state index < -0.39 is 0 Å². The Balaban J connectivity index is 1.83. The van der Waals surface area contributed by atoms with Gasteiger partial charge in [-0.1, -0.05) is 36.7 Å². The summed E-state index contributed by atoms with van der Waals surface area (Å²) >= 11 is 8.15. The lowest BCUT2D eigenvalue weighted by atomic mass is 10.1. The lowest BCUT2D eigenvalue weighted by molar-refractivity contribution is 0.415. The molecule has 0 unspecified atom stereocenters. The van der Waals surface area contributed by atoms with Gasteiger partial charge < -0.3 is 9.30 Å². The SMILES string of the molecule is CCCCn1c(SCc2cc3ccc(OC)cc3nc2Cl)nc(C)c1C. The number of methoxy groups -OCH3 is 1. The third-order valence-electron chi connectivity index (χ3n) is 4.57. The molecule has 0 bridgehead atoms. The Morgan fingerprint density at radius 1 is 1.19 bits per heavy atom. The van der Waals surface area contributed by atoms with Gasteiger partial charge >= 0.3 is 0 Å². The number of hydrogen-bond acceptors (Lipinski definition) is 4. The standard InChI is InChI=1S/C20H24ClN3OS/c1-5-6-9-24-14(3)13(2)22-20(24)26-12-16-10-15-7-8-17(25-4)11-18(15)23-19(16)21/h7-8,10-11H,5-6,9,12H2,1-4H3. The number of unbranched alkanes of at least 4 members (excludes halogenated alkanes) is 1. The van der Waals surface area contributed by atoms with Gasteiger partial charge in [-0.05, 0) is 38.5 Å². The molecule has 0 fully saturated rings. The van der Waals surface area contributed by atoms with Crippen molar-refractivity contribution in [1.29, 1.82) is 0 Å². The number of nitrogens with zero attached hydrogens (tertiary/aromatic N) is 3. The van der Waals surface area contributed by atoms with Crippen LogP contribution in [0.25, 0.3) is 10.9 Å². The fourth-order valence-corrected chi connectivity index (χ4v) is 4.23. The van der Waals surface area contributed by atoms with Gasteiger partial charge in [0.05, 0.1) is 18.3 Å². The van der Waals surface area contributed by atoms with Crippen molar-refractivity contribution >= 4 is 34.3 Å². The zero-order valence-electron chi connectivity index (χ0n) is 15.7. The number of aromatic nitrogens is 3. The van der Waals surface area contributed by atoms with E-state index in [2.05, 4.69) is 36.4 Å². The molecular formula is C20H24ClN3OS. The minimum absolute atomic E-state index is 0.540. The molecule has 0 aliphatic rings. The fourth-order valence-electron chi connectivity index (χ4n) is 2.85. The highest BCUT2D eigenvalue weighted by Crippen LogP contribution is 2.30. The quantitative estimate of drug-likeness (QED) is 0.378. The van der Waals surface area contributed by atoms with E-state index in [4.69, 9.17) is 21.3 Å². The van der Waals surface area contributed by atoms with Gasteiger partial charge in [-0.2, -0.15) is 0 Å². The molecule has 3 rings (SSSR count). The van der Waals surface area contributed by atoms with Crippen LogP contribution in [0, 0.1) is 13.8 Å². The topological polar surface area (TPSA) is 39.9 Å². The first-order chi connectivity index (χ1) is 12.5. The number of rotatable bonds is 7. The number of ether oxygens (including phenoxy) is 1. The van der Waals surface area contributed by atoms with Crippen LogP contribution in [0.1, 0.15) is 36.7 Å². The van der Waals surface area contributed by atoms with Crippen molar-refractivity contribution in [1.82, 2.24) is 14.5 Å². The van der Waals surface area contributed by atoms with Crippen molar-refractivity contribution in [3.05, 3.63) is 46.4 Å². The lowest BCUT2D eigenvalue weighted by Crippen LogP contribution is -2.02. The number of hydrogen-bond donors (Lipinski definition) is 0. The lowest BCUT2D eigenvalue weighted by Gasteiger charge is -2.10. The molecule has 0 aliphatic heterocycles. The van der Waals surface area contributed by atoms with Crippen LogP contribution in [0.4, 0.5) is 0 Å². The summed E-state index contributed by atoms with van der Waals surface area (Å²) in [7, 11) is 1.65. The molecule has 0 atom stereocenters. The van der Waals surface area contributed by atoms with Crippen molar-refractivity contribution in [3.63, 3.8) is 0 Å². The van der Waals surface area contributed by atoms with E-state index in [-0.39, 0.29) is 0 Å². The first-order valence-electron chi connectivity index (χ1n) is 8.83. The maximum Gasteiger partial charge on any atom is 0.168 e. The maximum absolute atomic E-state index is 6.43. The minimum atomic E-state index is 0.540. The molecule has 0 amide bonds. The molecule has 0 saturated heterocycles. The summed E-state index contributed by atoms with van der Waals surface area (Å²) in [5, 5.41) is 2.66. The van der Waals surface area contributed by atoms with Crippen LogP contribution in [-0.2, 0) is 12.3 Å². The van der Waals surface area contributed by atoms with Crippen molar-refractivity contribution in [3.8, 4) is 5.75 Å². The number of halogens is 1. The van der Waals surface area contributed by atoms with Crippen LogP contribution in [0.3, 0.4) is 0 Å². The Morgan fingerprint density at radius 2 is 2.00 bits per heavy atom. The van der Waals surface area contributed by atoms with Crippen LogP contribution in [0.15, 0.2) is 29.4 Å². The molecule has 138 valence electrons. The third kappa shape index (κ3) is 3.99. The second-order valence-electron chi connectivity index (χ2n) is 6.36. The van der Waals surface area contributed by atoms with E-state index in [0.717, 1.165) is 51.8 Å². The van der Waals surface area contributed by atoms with Crippen LogP contribution in [0.2, 0.25) is 5.15 Å². The van der Waals surface area contributed by atoms with Crippen LogP contribution in [0.5, 0.6) is 5.75 Å². The van der Waals surface area contributed by atoms with Crippen molar-refractivity contribution in [2.24, 2.45) is 0 Å². The molecule has 1 aromatic carbocycles. The number of aryl methyl sites for hydroxylation is 1. The molecule has 3 aromatic rings. The van der Waals surface area contributed by atoms with Crippen LogP contribution >= 0.6 is 23.4 Å². The number of thioether (sulfide) groups is 1. The first kappa shape index (κ1) is 19.1. The normalized spacial score (nSPS) is 11.3. The number of benzene rings is 1. The van der Waals surface area contributed by atoms with Gasteiger partial charge in [-0.25, -0.2) is 9.97 Å². The number of fused-ring (bicyclic) bond motifs is 1. The van der Waals surface area contributed by atoms with E-state index in [1.807, 2.05) is 18.2 Å². The summed E-state index contributed by atoms with van der Waals surface area (Å²) in [6.07, 6.45) is 2.33. The molecule has 0 radical (unpaired) electrons. The van der Waals surface area contributed by atoms with Crippen molar-refractivity contribution in [2.45, 2.75) is 51.1 Å². The Bertz CT molecular complexity index is 923. The number of imidazole rings is 1. The van der Waals surface area contributed by atoms with Gasteiger partial charge in [0, 0.05) is 35.0 Å². The van der Waals surface area contributed by atoms with E-state index >= 15 is 0 Å². The van der Waals surface area contributed by atoms with Gasteiger partial charge in [-0.15, -0.1) is 0 Å². The predicted molar refractivity (Wildman–Crippen MR) is 109 cm³/mol. The second-order valence-corrected chi connectivity index (χ2v) is 7.66. The minimum Gasteiger partial charge on any atom is -0.497 e. The van der Waals surface area contributed by atoms with E-state index in [0.29, 0.717) is 5.15 Å². The molecule has 6 heteroatoms. The molecule has 0 aliphatic carbocycles. The zero-order valence-corrected chi connectivity index (χ0v) is 17.2. The Labute approximate surface area is 163 Å². The molecule has 4 nitrogen and oxygen atoms in total. The van der Waals surface area contributed by atoms with Gasteiger partial charge in [-0.3, -0.25) is 0 Å². The van der Waals surface area contributed by atoms with Gasteiger partial charge in [0.2, 0.25) is 0 Å². The summed E-state index contributed by atoms with van der Waals surface area (Å²) < 4.78 is 7.57.